The molecular formula is C16H19F4N3O2. The zero-order valence-electron chi connectivity index (χ0n) is 13.4. The maximum absolute atomic E-state index is 12.8. The molecule has 1 aromatic heterocycles. The van der Waals surface area contributed by atoms with E-state index in [0.29, 0.717) is 5.69 Å². The Morgan fingerprint density at radius 3 is 2.72 bits per heavy atom. The molecule has 1 atom stereocenters. The van der Waals surface area contributed by atoms with Crippen LogP contribution < -0.4 is 15.4 Å². The Morgan fingerprint density at radius 1 is 1.40 bits per heavy atom. The van der Waals surface area contributed by atoms with E-state index in [9.17, 15) is 22.4 Å². The molecule has 2 aliphatic rings. The molecule has 0 radical (unpaired) electrons. The highest BCUT2D eigenvalue weighted by Gasteiger charge is 2.57. The summed E-state index contributed by atoms with van der Waals surface area (Å²) < 4.78 is 54.3. The van der Waals surface area contributed by atoms with E-state index in [2.05, 4.69) is 20.4 Å². The summed E-state index contributed by atoms with van der Waals surface area (Å²) in [6.45, 7) is 0.378. The maximum atomic E-state index is 12.8. The van der Waals surface area contributed by atoms with Gasteiger partial charge in [-0.3, -0.25) is 4.79 Å². The molecule has 2 N–H and O–H groups in total. The molecule has 2 heterocycles. The van der Waals surface area contributed by atoms with Crippen LogP contribution in [0.2, 0.25) is 0 Å². The lowest BCUT2D eigenvalue weighted by atomic mass is 9.92. The summed E-state index contributed by atoms with van der Waals surface area (Å²) in [5.41, 5.74) is 0.515. The summed E-state index contributed by atoms with van der Waals surface area (Å²) in [7, 11) is 0. The molecule has 1 spiro atoms. The van der Waals surface area contributed by atoms with Crippen molar-refractivity contribution in [3.63, 3.8) is 0 Å². The van der Waals surface area contributed by atoms with Gasteiger partial charge in [0.25, 0.3) is 0 Å². The fourth-order valence-electron chi connectivity index (χ4n) is 3.20. The minimum absolute atomic E-state index is 0.0183. The predicted molar refractivity (Wildman–Crippen MR) is 82.0 cm³/mol. The van der Waals surface area contributed by atoms with Crippen molar-refractivity contribution in [1.82, 2.24) is 10.3 Å². The van der Waals surface area contributed by atoms with Gasteiger partial charge >= 0.3 is 12.3 Å². The van der Waals surface area contributed by atoms with Crippen LogP contribution in [0.4, 0.5) is 23.2 Å². The van der Waals surface area contributed by atoms with Gasteiger partial charge in [0.15, 0.2) is 6.61 Å². The molecule has 138 valence electrons. The van der Waals surface area contributed by atoms with E-state index in [1.807, 2.05) is 0 Å². The Balaban J connectivity index is 1.50. The van der Waals surface area contributed by atoms with Crippen molar-refractivity contribution in [2.24, 2.45) is 11.3 Å². The summed E-state index contributed by atoms with van der Waals surface area (Å²) in [6, 6.07) is 2.70. The van der Waals surface area contributed by atoms with Gasteiger partial charge < -0.3 is 15.4 Å². The molecule has 1 saturated carbocycles. The second-order valence-electron chi connectivity index (χ2n) is 6.59. The number of aromatic nitrogens is 1. The van der Waals surface area contributed by atoms with Gasteiger partial charge in [-0.2, -0.15) is 8.78 Å². The number of halogens is 4. The first kappa shape index (κ1) is 17.9. The van der Waals surface area contributed by atoms with Crippen molar-refractivity contribution >= 4 is 11.6 Å². The number of nitrogens with one attached hydrogen (secondary N) is 2. The highest BCUT2D eigenvalue weighted by molar-refractivity contribution is 5.95. The molecule has 25 heavy (non-hydrogen) atoms. The molecule has 1 saturated heterocycles. The molecular weight excluding hydrogens is 342 g/mol. The van der Waals surface area contributed by atoms with Crippen LogP contribution in [0.25, 0.3) is 0 Å². The Labute approximate surface area is 142 Å². The number of pyridine rings is 1. The van der Waals surface area contributed by atoms with Crippen LogP contribution in [0, 0.1) is 11.3 Å². The number of nitrogens with zero attached hydrogens (tertiary/aromatic N) is 1. The fourth-order valence-corrected chi connectivity index (χ4v) is 3.20. The third kappa shape index (κ3) is 4.02. The van der Waals surface area contributed by atoms with E-state index < -0.39 is 19.0 Å². The van der Waals surface area contributed by atoms with Crippen LogP contribution in [0.15, 0.2) is 18.3 Å². The van der Waals surface area contributed by atoms with Gasteiger partial charge in [-0.05, 0) is 43.8 Å². The monoisotopic (exact) mass is 361 g/mol. The second kappa shape index (κ2) is 6.78. The summed E-state index contributed by atoms with van der Waals surface area (Å²) in [5.74, 6) is -4.54. The van der Waals surface area contributed by atoms with E-state index in [0.717, 1.165) is 32.4 Å². The van der Waals surface area contributed by atoms with Crippen molar-refractivity contribution in [1.29, 1.82) is 0 Å². The number of hydrogen-bond donors (Lipinski definition) is 2. The van der Waals surface area contributed by atoms with E-state index in [4.69, 9.17) is 0 Å². The molecule has 1 amide bonds. The van der Waals surface area contributed by atoms with Gasteiger partial charge in [0.2, 0.25) is 11.8 Å². The highest BCUT2D eigenvalue weighted by Crippen LogP contribution is 2.58. The van der Waals surface area contributed by atoms with Crippen molar-refractivity contribution in [2.45, 2.75) is 31.6 Å². The zero-order chi connectivity index (χ0) is 18.1. The van der Waals surface area contributed by atoms with Crippen LogP contribution in [0.5, 0.6) is 5.88 Å². The van der Waals surface area contributed by atoms with Crippen molar-refractivity contribution in [3.05, 3.63) is 18.3 Å². The number of rotatable bonds is 6. The first-order valence-electron chi connectivity index (χ1n) is 8.09. The molecule has 1 aliphatic heterocycles. The molecule has 0 aromatic carbocycles. The summed E-state index contributed by atoms with van der Waals surface area (Å²) in [6.07, 6.45) is 0.290. The Hall–Kier alpha value is -1.90. The predicted octanol–water partition coefficient (Wildman–Crippen LogP) is 2.69. The number of piperidine rings is 1. The molecule has 0 bridgehead atoms. The molecule has 1 unspecified atom stereocenters. The SMILES string of the molecule is O=C(Nc1ccc(OCC(F)(F)C(F)F)nc1)C1CC12CCNCC2. The second-order valence-corrected chi connectivity index (χ2v) is 6.59. The smallest absolute Gasteiger partial charge is 0.340 e. The third-order valence-corrected chi connectivity index (χ3v) is 4.84. The summed E-state index contributed by atoms with van der Waals surface area (Å²) in [5, 5.41) is 6.02. The summed E-state index contributed by atoms with van der Waals surface area (Å²) in [4.78, 5) is 16.0. The van der Waals surface area contributed by atoms with Crippen molar-refractivity contribution < 1.29 is 27.1 Å². The number of amides is 1. The van der Waals surface area contributed by atoms with E-state index >= 15 is 0 Å². The normalized spacial score (nSPS) is 22.0. The first-order valence-corrected chi connectivity index (χ1v) is 8.09. The van der Waals surface area contributed by atoms with Crippen LogP contribution in [-0.4, -0.2) is 42.9 Å². The van der Waals surface area contributed by atoms with Crippen LogP contribution in [-0.2, 0) is 4.79 Å². The van der Waals surface area contributed by atoms with Gasteiger partial charge in [0.1, 0.15) is 0 Å². The Bertz CT molecular complexity index is 618. The van der Waals surface area contributed by atoms with Gasteiger partial charge in [-0.25, -0.2) is 13.8 Å². The number of ether oxygens (including phenoxy) is 1. The van der Waals surface area contributed by atoms with E-state index in [-0.39, 0.29) is 23.1 Å². The van der Waals surface area contributed by atoms with E-state index in [1.54, 1.807) is 0 Å². The van der Waals surface area contributed by atoms with Crippen LogP contribution >= 0.6 is 0 Å². The molecule has 3 rings (SSSR count). The molecule has 1 aliphatic carbocycles. The maximum Gasteiger partial charge on any atom is 0.340 e. The average molecular weight is 361 g/mol. The molecule has 9 heteroatoms. The lowest BCUT2D eigenvalue weighted by molar-refractivity contribution is -0.148. The van der Waals surface area contributed by atoms with Crippen molar-refractivity contribution in [3.8, 4) is 5.88 Å². The third-order valence-electron chi connectivity index (χ3n) is 4.84. The minimum atomic E-state index is -4.23. The standard InChI is InChI=1S/C16H19F4N3O2/c17-14(18)16(19,20)9-25-12-2-1-10(8-22-12)23-13(24)11-7-15(11)3-5-21-6-4-15/h1-2,8,11,14,21H,3-7,9H2,(H,23,24). The van der Waals surface area contributed by atoms with Crippen molar-refractivity contribution in [2.75, 3.05) is 25.0 Å². The van der Waals surface area contributed by atoms with Gasteiger partial charge in [-0.1, -0.05) is 0 Å². The van der Waals surface area contributed by atoms with Crippen LogP contribution in [0.1, 0.15) is 19.3 Å². The van der Waals surface area contributed by atoms with Gasteiger partial charge in [0, 0.05) is 12.0 Å². The largest absolute Gasteiger partial charge is 0.471 e. The molecule has 1 aromatic rings. The van der Waals surface area contributed by atoms with E-state index in [1.165, 1.54) is 18.3 Å². The average Bonchev–Trinajstić information content (AvgIpc) is 3.28. The minimum Gasteiger partial charge on any atom is -0.471 e. The Kier molecular flexibility index (Phi) is 4.86. The highest BCUT2D eigenvalue weighted by atomic mass is 19.3. The lowest BCUT2D eigenvalue weighted by Gasteiger charge is -2.23. The zero-order valence-corrected chi connectivity index (χ0v) is 13.4. The van der Waals surface area contributed by atoms with Gasteiger partial charge in [-0.15, -0.1) is 0 Å². The fraction of sp³-hybridized carbons (Fsp3) is 0.625. The first-order chi connectivity index (χ1) is 11.8. The van der Waals surface area contributed by atoms with Crippen LogP contribution in [0.3, 0.4) is 0 Å². The topological polar surface area (TPSA) is 63.2 Å². The van der Waals surface area contributed by atoms with Gasteiger partial charge in [0.05, 0.1) is 11.9 Å². The number of carbonyl (C=O) groups is 1. The number of carbonyl (C=O) groups excluding carboxylic acids is 1. The molecule has 5 nitrogen and oxygen atoms in total. The number of alkyl halides is 4. The number of hydrogen-bond acceptors (Lipinski definition) is 4. The lowest BCUT2D eigenvalue weighted by Crippen LogP contribution is -2.33. The quantitative estimate of drug-likeness (QED) is 0.765. The summed E-state index contributed by atoms with van der Waals surface area (Å²) >= 11 is 0. The Morgan fingerprint density at radius 2 is 2.12 bits per heavy atom. The number of anilines is 1. The molecule has 2 fully saturated rings.